The highest BCUT2D eigenvalue weighted by molar-refractivity contribution is 7.13. The minimum Gasteiger partial charge on any atom is -0.471 e. The molecule has 1 fully saturated rings. The zero-order chi connectivity index (χ0) is 16.5. The summed E-state index contributed by atoms with van der Waals surface area (Å²) in [5.41, 5.74) is 2.22. The molecule has 0 radical (unpaired) electrons. The molecule has 7 heteroatoms. The monoisotopic (exact) mass is 340 g/mol. The number of carbonyl (C=O) groups excluding carboxylic acids is 1. The van der Waals surface area contributed by atoms with Crippen LogP contribution < -0.4 is 4.74 Å². The van der Waals surface area contributed by atoms with E-state index in [2.05, 4.69) is 15.2 Å². The SMILES string of the molecule is Cc1cccc(OC2CN(C(=O)c3cc(-c4cccs4)[nH]n3)C2)n1. The molecule has 0 unspecified atom stereocenters. The molecule has 1 amide bonds. The van der Waals surface area contributed by atoms with Crippen molar-refractivity contribution < 1.29 is 9.53 Å². The molecule has 0 saturated carbocycles. The first-order valence-electron chi connectivity index (χ1n) is 7.68. The van der Waals surface area contributed by atoms with E-state index in [-0.39, 0.29) is 12.0 Å². The molecule has 0 aliphatic carbocycles. The molecular formula is C17H16N4O2S. The second-order valence-electron chi connectivity index (χ2n) is 5.71. The molecule has 3 aromatic heterocycles. The van der Waals surface area contributed by atoms with Crippen LogP contribution >= 0.6 is 11.3 Å². The van der Waals surface area contributed by atoms with Crippen LogP contribution in [0, 0.1) is 6.92 Å². The summed E-state index contributed by atoms with van der Waals surface area (Å²) in [6, 6.07) is 11.4. The number of amides is 1. The van der Waals surface area contributed by atoms with Gasteiger partial charge in [0, 0.05) is 11.8 Å². The Kier molecular flexibility index (Phi) is 3.78. The van der Waals surface area contributed by atoms with Crippen LogP contribution in [0.3, 0.4) is 0 Å². The minimum atomic E-state index is -0.0777. The lowest BCUT2D eigenvalue weighted by atomic mass is 10.1. The van der Waals surface area contributed by atoms with Gasteiger partial charge in [0.25, 0.3) is 5.91 Å². The molecule has 6 nitrogen and oxygen atoms in total. The van der Waals surface area contributed by atoms with Gasteiger partial charge in [-0.3, -0.25) is 9.89 Å². The van der Waals surface area contributed by atoms with Crippen molar-refractivity contribution in [3.05, 3.63) is 53.2 Å². The minimum absolute atomic E-state index is 0.0149. The van der Waals surface area contributed by atoms with E-state index in [4.69, 9.17) is 4.74 Å². The van der Waals surface area contributed by atoms with Gasteiger partial charge in [0.2, 0.25) is 5.88 Å². The average Bonchev–Trinajstić information content (AvgIpc) is 3.20. The number of aromatic nitrogens is 3. The number of H-pyrrole nitrogens is 1. The number of pyridine rings is 1. The fourth-order valence-electron chi connectivity index (χ4n) is 2.58. The van der Waals surface area contributed by atoms with E-state index in [9.17, 15) is 4.79 Å². The van der Waals surface area contributed by atoms with E-state index in [1.54, 1.807) is 22.3 Å². The highest BCUT2D eigenvalue weighted by Crippen LogP contribution is 2.24. The van der Waals surface area contributed by atoms with Crippen molar-refractivity contribution in [1.29, 1.82) is 0 Å². The first kappa shape index (κ1) is 14.9. The van der Waals surface area contributed by atoms with Gasteiger partial charge in [-0.05, 0) is 30.5 Å². The van der Waals surface area contributed by atoms with Crippen LogP contribution in [0.2, 0.25) is 0 Å². The van der Waals surface area contributed by atoms with Gasteiger partial charge in [0.15, 0.2) is 5.69 Å². The Morgan fingerprint density at radius 2 is 2.21 bits per heavy atom. The number of likely N-dealkylation sites (tertiary alicyclic amines) is 1. The Bertz CT molecular complexity index is 853. The van der Waals surface area contributed by atoms with Gasteiger partial charge in [-0.25, -0.2) is 4.98 Å². The lowest BCUT2D eigenvalue weighted by Gasteiger charge is -2.38. The number of hydrogen-bond donors (Lipinski definition) is 1. The maximum absolute atomic E-state index is 12.4. The van der Waals surface area contributed by atoms with Crippen LogP contribution in [0.4, 0.5) is 0 Å². The summed E-state index contributed by atoms with van der Waals surface area (Å²) in [4.78, 5) is 19.5. The van der Waals surface area contributed by atoms with Crippen molar-refractivity contribution in [2.45, 2.75) is 13.0 Å². The first-order valence-corrected chi connectivity index (χ1v) is 8.56. The standard InChI is InChI=1S/C17H16N4O2S/c1-11-4-2-6-16(18-11)23-12-9-21(10-12)17(22)14-8-13(19-20-14)15-5-3-7-24-15/h2-8,12H,9-10H2,1H3,(H,19,20). The highest BCUT2D eigenvalue weighted by Gasteiger charge is 2.34. The first-order chi connectivity index (χ1) is 11.7. The van der Waals surface area contributed by atoms with Gasteiger partial charge < -0.3 is 9.64 Å². The molecule has 24 heavy (non-hydrogen) atoms. The maximum Gasteiger partial charge on any atom is 0.274 e. The Labute approximate surface area is 143 Å². The summed E-state index contributed by atoms with van der Waals surface area (Å²) in [5.74, 6) is 0.526. The molecule has 1 aliphatic heterocycles. The largest absolute Gasteiger partial charge is 0.471 e. The van der Waals surface area contributed by atoms with Crippen molar-refractivity contribution in [3.63, 3.8) is 0 Å². The van der Waals surface area contributed by atoms with E-state index >= 15 is 0 Å². The number of aromatic amines is 1. The molecule has 0 spiro atoms. The molecule has 4 rings (SSSR count). The van der Waals surface area contributed by atoms with E-state index in [1.807, 2.05) is 42.6 Å². The van der Waals surface area contributed by atoms with Crippen LogP contribution in [-0.2, 0) is 0 Å². The molecule has 1 aliphatic rings. The summed E-state index contributed by atoms with van der Waals surface area (Å²) >= 11 is 1.61. The second kappa shape index (κ2) is 6.09. The molecule has 1 saturated heterocycles. The molecule has 0 atom stereocenters. The zero-order valence-electron chi connectivity index (χ0n) is 13.1. The average molecular weight is 340 g/mol. The number of nitrogens with one attached hydrogen (secondary N) is 1. The van der Waals surface area contributed by atoms with E-state index < -0.39 is 0 Å². The lowest BCUT2D eigenvalue weighted by molar-refractivity contribution is 0.0155. The molecule has 122 valence electrons. The Morgan fingerprint density at radius 3 is 2.96 bits per heavy atom. The maximum atomic E-state index is 12.4. The van der Waals surface area contributed by atoms with Crippen LogP contribution in [0.15, 0.2) is 41.8 Å². The van der Waals surface area contributed by atoms with Crippen molar-refractivity contribution >= 4 is 17.2 Å². The van der Waals surface area contributed by atoms with E-state index in [1.165, 1.54) is 0 Å². The van der Waals surface area contributed by atoms with E-state index in [0.29, 0.717) is 24.7 Å². The third kappa shape index (κ3) is 2.90. The third-order valence-electron chi connectivity index (χ3n) is 3.87. The van der Waals surface area contributed by atoms with E-state index in [0.717, 1.165) is 16.3 Å². The highest BCUT2D eigenvalue weighted by atomic mass is 32.1. The Hall–Kier alpha value is -2.67. The summed E-state index contributed by atoms with van der Waals surface area (Å²) < 4.78 is 5.78. The number of thiophene rings is 1. The number of aryl methyl sites for hydroxylation is 1. The number of nitrogens with zero attached hydrogens (tertiary/aromatic N) is 3. The summed E-state index contributed by atoms with van der Waals surface area (Å²) in [6.07, 6.45) is -0.0149. The molecular weight excluding hydrogens is 324 g/mol. The molecule has 3 aromatic rings. The van der Waals surface area contributed by atoms with Crippen molar-refractivity contribution in [1.82, 2.24) is 20.1 Å². The molecule has 0 bridgehead atoms. The predicted molar refractivity (Wildman–Crippen MR) is 91.2 cm³/mol. The van der Waals surface area contributed by atoms with Crippen LogP contribution in [0.5, 0.6) is 5.88 Å². The summed E-state index contributed by atoms with van der Waals surface area (Å²) in [5, 5.41) is 9.05. The lowest BCUT2D eigenvalue weighted by Crippen LogP contribution is -2.56. The van der Waals surface area contributed by atoms with Gasteiger partial charge in [-0.1, -0.05) is 12.1 Å². The predicted octanol–water partition coefficient (Wildman–Crippen LogP) is 2.75. The van der Waals surface area contributed by atoms with Gasteiger partial charge in [0.1, 0.15) is 6.10 Å². The molecule has 4 heterocycles. The van der Waals surface area contributed by atoms with Crippen LogP contribution in [0.25, 0.3) is 10.6 Å². The number of rotatable bonds is 4. The Morgan fingerprint density at radius 1 is 1.33 bits per heavy atom. The molecule has 1 N–H and O–H groups in total. The normalized spacial score (nSPS) is 14.5. The van der Waals surface area contributed by atoms with Gasteiger partial charge in [0.05, 0.1) is 23.7 Å². The quantitative estimate of drug-likeness (QED) is 0.793. The van der Waals surface area contributed by atoms with Gasteiger partial charge in [-0.15, -0.1) is 11.3 Å². The second-order valence-corrected chi connectivity index (χ2v) is 6.66. The topological polar surface area (TPSA) is 71.1 Å². The Balaban J connectivity index is 1.36. The zero-order valence-corrected chi connectivity index (χ0v) is 13.9. The summed E-state index contributed by atoms with van der Waals surface area (Å²) in [6.45, 7) is 3.03. The molecule has 0 aromatic carbocycles. The fraction of sp³-hybridized carbons (Fsp3) is 0.235. The number of hydrogen-bond acceptors (Lipinski definition) is 5. The number of carbonyl (C=O) groups is 1. The van der Waals surface area contributed by atoms with Crippen molar-refractivity contribution in [2.75, 3.05) is 13.1 Å². The van der Waals surface area contributed by atoms with Crippen molar-refractivity contribution in [3.8, 4) is 16.5 Å². The van der Waals surface area contributed by atoms with Gasteiger partial charge in [-0.2, -0.15) is 5.10 Å². The van der Waals surface area contributed by atoms with Gasteiger partial charge >= 0.3 is 0 Å². The summed E-state index contributed by atoms with van der Waals surface area (Å²) in [7, 11) is 0. The van der Waals surface area contributed by atoms with Crippen LogP contribution in [0.1, 0.15) is 16.2 Å². The number of ether oxygens (including phenoxy) is 1. The smallest absolute Gasteiger partial charge is 0.274 e. The van der Waals surface area contributed by atoms with Crippen LogP contribution in [-0.4, -0.2) is 45.2 Å². The van der Waals surface area contributed by atoms with Crippen molar-refractivity contribution in [2.24, 2.45) is 0 Å². The third-order valence-corrected chi connectivity index (χ3v) is 4.77. The fourth-order valence-corrected chi connectivity index (χ4v) is 3.28.